The van der Waals surface area contributed by atoms with Crippen molar-refractivity contribution >= 4 is 0 Å². The van der Waals surface area contributed by atoms with Gasteiger partial charge in [-0.25, -0.2) is 0 Å². The van der Waals surface area contributed by atoms with Crippen molar-refractivity contribution in [2.75, 3.05) is 0 Å². The molecule has 3 heteroatoms. The molecule has 0 spiro atoms. The minimum Gasteiger partial charge on any atom is -0.390 e. The Morgan fingerprint density at radius 1 is 1.00 bits per heavy atom. The molecule has 1 fully saturated rings. The summed E-state index contributed by atoms with van der Waals surface area (Å²) in [7, 11) is 0. The van der Waals surface area contributed by atoms with E-state index in [1.54, 1.807) is 0 Å². The highest BCUT2D eigenvalue weighted by atomic mass is 16.6. The zero-order chi connectivity index (χ0) is 16.6. The highest BCUT2D eigenvalue weighted by Crippen LogP contribution is 2.32. The summed E-state index contributed by atoms with van der Waals surface area (Å²) in [5.41, 5.74) is -0.800. The van der Waals surface area contributed by atoms with Crippen molar-refractivity contribution in [3.63, 3.8) is 0 Å². The predicted molar refractivity (Wildman–Crippen MR) is 91.7 cm³/mol. The van der Waals surface area contributed by atoms with Crippen LogP contribution in [0.2, 0.25) is 0 Å². The molecule has 0 aliphatic heterocycles. The molecule has 1 atom stereocenters. The average Bonchev–Trinajstić information content (AvgIpc) is 2.36. The van der Waals surface area contributed by atoms with Crippen molar-refractivity contribution in [2.24, 2.45) is 5.92 Å². The minimum atomic E-state index is -0.652. The second kappa shape index (κ2) is 9.24. The molecule has 1 rings (SSSR count). The molecule has 1 aliphatic carbocycles. The van der Waals surface area contributed by atoms with Gasteiger partial charge in [-0.05, 0) is 59.3 Å². The lowest BCUT2D eigenvalue weighted by atomic mass is 9.82. The van der Waals surface area contributed by atoms with Gasteiger partial charge in [0.2, 0.25) is 0 Å². The number of ether oxygens (including phenoxy) is 1. The number of unbranched alkanes of at least 4 members (excludes halogenated alkanes) is 2. The SMILES string of the molecule is CC(C)(O)CCCCCC(O)OC(C)(C)CC1CCCCC1. The van der Waals surface area contributed by atoms with Crippen LogP contribution in [0.15, 0.2) is 0 Å². The summed E-state index contributed by atoms with van der Waals surface area (Å²) in [6, 6.07) is 0. The van der Waals surface area contributed by atoms with Crippen molar-refractivity contribution in [3.05, 3.63) is 0 Å². The summed E-state index contributed by atoms with van der Waals surface area (Å²) in [5.74, 6) is 0.766. The van der Waals surface area contributed by atoms with Crippen LogP contribution in [0.4, 0.5) is 0 Å². The molecular weight excluding hydrogens is 276 g/mol. The second-order valence-electron chi connectivity index (χ2n) is 8.45. The zero-order valence-corrected chi connectivity index (χ0v) is 15.2. The van der Waals surface area contributed by atoms with E-state index in [0.29, 0.717) is 6.42 Å². The molecule has 0 heterocycles. The number of hydrogen-bond acceptors (Lipinski definition) is 3. The molecule has 0 aromatic heterocycles. The number of rotatable bonds is 10. The van der Waals surface area contributed by atoms with Crippen molar-refractivity contribution in [3.8, 4) is 0 Å². The van der Waals surface area contributed by atoms with Crippen molar-refractivity contribution in [2.45, 2.75) is 116 Å². The van der Waals surface area contributed by atoms with Crippen molar-refractivity contribution in [1.29, 1.82) is 0 Å². The highest BCUT2D eigenvalue weighted by molar-refractivity contribution is 4.77. The number of aliphatic hydroxyl groups is 2. The van der Waals surface area contributed by atoms with Gasteiger partial charge in [0.25, 0.3) is 0 Å². The van der Waals surface area contributed by atoms with Crippen LogP contribution in [0.3, 0.4) is 0 Å². The van der Waals surface area contributed by atoms with Crippen LogP contribution in [0.1, 0.15) is 98.3 Å². The fourth-order valence-corrected chi connectivity index (χ4v) is 3.62. The molecule has 1 saturated carbocycles. The average molecular weight is 315 g/mol. The third kappa shape index (κ3) is 9.81. The Morgan fingerprint density at radius 2 is 1.64 bits per heavy atom. The molecule has 3 nitrogen and oxygen atoms in total. The molecular formula is C19H38O3. The van der Waals surface area contributed by atoms with Gasteiger partial charge in [-0.1, -0.05) is 44.9 Å². The second-order valence-corrected chi connectivity index (χ2v) is 8.45. The third-order valence-corrected chi connectivity index (χ3v) is 4.70. The Bertz CT molecular complexity index is 288. The molecule has 1 unspecified atom stereocenters. The fourth-order valence-electron chi connectivity index (χ4n) is 3.62. The summed E-state index contributed by atoms with van der Waals surface area (Å²) in [6.07, 6.45) is 11.6. The van der Waals surface area contributed by atoms with Gasteiger partial charge in [0, 0.05) is 0 Å². The molecule has 0 amide bonds. The lowest BCUT2D eigenvalue weighted by Crippen LogP contribution is -2.33. The van der Waals surface area contributed by atoms with E-state index in [-0.39, 0.29) is 5.60 Å². The molecule has 0 aromatic carbocycles. The summed E-state index contributed by atoms with van der Waals surface area (Å²) in [5, 5.41) is 19.8. The third-order valence-electron chi connectivity index (χ3n) is 4.70. The molecule has 0 radical (unpaired) electrons. The first-order valence-electron chi connectivity index (χ1n) is 9.26. The van der Waals surface area contributed by atoms with E-state index >= 15 is 0 Å². The van der Waals surface area contributed by atoms with Crippen LogP contribution in [0, 0.1) is 5.92 Å². The van der Waals surface area contributed by atoms with E-state index < -0.39 is 11.9 Å². The van der Waals surface area contributed by atoms with Crippen LogP contribution >= 0.6 is 0 Å². The van der Waals surface area contributed by atoms with Crippen LogP contribution < -0.4 is 0 Å². The Kier molecular flexibility index (Phi) is 8.37. The lowest BCUT2D eigenvalue weighted by Gasteiger charge is -2.33. The van der Waals surface area contributed by atoms with E-state index in [4.69, 9.17) is 4.74 Å². The lowest BCUT2D eigenvalue weighted by molar-refractivity contribution is -0.182. The van der Waals surface area contributed by atoms with Crippen LogP contribution in [0.25, 0.3) is 0 Å². The topological polar surface area (TPSA) is 49.7 Å². The van der Waals surface area contributed by atoms with Gasteiger partial charge < -0.3 is 14.9 Å². The van der Waals surface area contributed by atoms with Crippen molar-refractivity contribution in [1.82, 2.24) is 0 Å². The van der Waals surface area contributed by atoms with Crippen LogP contribution in [0.5, 0.6) is 0 Å². The zero-order valence-electron chi connectivity index (χ0n) is 15.2. The van der Waals surface area contributed by atoms with Gasteiger partial charge >= 0.3 is 0 Å². The maximum absolute atomic E-state index is 10.1. The van der Waals surface area contributed by atoms with Gasteiger partial charge in [0.05, 0.1) is 11.2 Å². The molecule has 1 aliphatic rings. The minimum absolute atomic E-state index is 0.228. The largest absolute Gasteiger partial charge is 0.390 e. The van der Waals surface area contributed by atoms with Gasteiger partial charge in [-0.2, -0.15) is 0 Å². The van der Waals surface area contributed by atoms with E-state index in [2.05, 4.69) is 13.8 Å². The van der Waals surface area contributed by atoms with Gasteiger partial charge in [0.1, 0.15) is 0 Å². The summed E-state index contributed by atoms with van der Waals surface area (Å²) < 4.78 is 5.89. The fraction of sp³-hybridized carbons (Fsp3) is 1.00. The Morgan fingerprint density at radius 3 is 2.23 bits per heavy atom. The van der Waals surface area contributed by atoms with E-state index in [9.17, 15) is 10.2 Å². The first kappa shape index (κ1) is 19.9. The Hall–Kier alpha value is -0.120. The molecule has 132 valence electrons. The maximum atomic E-state index is 10.1. The van der Waals surface area contributed by atoms with Crippen LogP contribution in [-0.4, -0.2) is 27.7 Å². The van der Waals surface area contributed by atoms with Gasteiger partial charge in [-0.3, -0.25) is 0 Å². The van der Waals surface area contributed by atoms with Gasteiger partial charge in [-0.15, -0.1) is 0 Å². The molecule has 0 aromatic rings. The predicted octanol–water partition coefficient (Wildman–Crippen LogP) is 4.79. The van der Waals surface area contributed by atoms with E-state index in [1.807, 2.05) is 13.8 Å². The normalized spacial score (nSPS) is 19.4. The highest BCUT2D eigenvalue weighted by Gasteiger charge is 2.27. The molecule has 0 bridgehead atoms. The smallest absolute Gasteiger partial charge is 0.155 e. The quantitative estimate of drug-likeness (QED) is 0.450. The standard InChI is InChI=1S/C19H38O3/c1-18(2,21)14-10-6-9-13-17(20)22-19(3,4)15-16-11-7-5-8-12-16/h16-17,20-21H,5-15H2,1-4H3. The Balaban J connectivity index is 2.15. The molecule has 0 saturated heterocycles. The first-order valence-corrected chi connectivity index (χ1v) is 9.26. The maximum Gasteiger partial charge on any atom is 0.155 e. The molecule has 2 N–H and O–H groups in total. The summed E-state index contributed by atoms with van der Waals surface area (Å²) in [4.78, 5) is 0. The van der Waals surface area contributed by atoms with Crippen molar-refractivity contribution < 1.29 is 14.9 Å². The number of aliphatic hydroxyl groups excluding tert-OH is 1. The monoisotopic (exact) mass is 314 g/mol. The van der Waals surface area contributed by atoms with Crippen LogP contribution in [-0.2, 0) is 4.74 Å². The Labute approximate surface area is 137 Å². The van der Waals surface area contributed by atoms with Gasteiger partial charge in [0.15, 0.2) is 6.29 Å². The summed E-state index contributed by atoms with van der Waals surface area (Å²) >= 11 is 0. The van der Waals surface area contributed by atoms with E-state index in [0.717, 1.165) is 38.0 Å². The summed E-state index contributed by atoms with van der Waals surface area (Å²) in [6.45, 7) is 7.91. The van der Waals surface area contributed by atoms with E-state index in [1.165, 1.54) is 32.1 Å². The first-order chi connectivity index (χ1) is 10.2. The number of hydrogen-bond donors (Lipinski definition) is 2. The molecule has 22 heavy (non-hydrogen) atoms.